The first kappa shape index (κ1) is 15.1. The van der Waals surface area contributed by atoms with Crippen LogP contribution in [0.25, 0.3) is 10.2 Å². The Morgan fingerprint density at radius 2 is 1.96 bits per heavy atom. The highest BCUT2D eigenvalue weighted by Crippen LogP contribution is 2.41. The summed E-state index contributed by atoms with van der Waals surface area (Å²) in [6.45, 7) is 2.82. The molecule has 0 N–H and O–H groups in total. The fourth-order valence-corrected chi connectivity index (χ4v) is 4.96. The third-order valence-corrected chi connectivity index (χ3v) is 6.20. The molecular weight excluding hydrogens is 308 g/mol. The predicted octanol–water partition coefficient (Wildman–Crippen LogP) is 3.43. The maximum Gasteiger partial charge on any atom is 0.226 e. The molecule has 1 aliphatic heterocycles. The quantitative estimate of drug-likeness (QED) is 0.847. The van der Waals surface area contributed by atoms with Crippen molar-refractivity contribution in [2.75, 3.05) is 26.3 Å². The summed E-state index contributed by atoms with van der Waals surface area (Å²) in [5.41, 5.74) is 1.07. The molecule has 1 saturated heterocycles. The van der Waals surface area contributed by atoms with Crippen molar-refractivity contribution in [2.24, 2.45) is 5.92 Å². The number of hydrogen-bond donors (Lipinski definition) is 0. The minimum atomic E-state index is 0.0995. The molecule has 2 heterocycles. The van der Waals surface area contributed by atoms with E-state index in [0.29, 0.717) is 19.1 Å². The van der Waals surface area contributed by atoms with Crippen LogP contribution in [0.2, 0.25) is 0 Å². The Morgan fingerprint density at radius 3 is 2.78 bits per heavy atom. The minimum absolute atomic E-state index is 0.0995. The number of benzene rings is 1. The summed E-state index contributed by atoms with van der Waals surface area (Å²) in [7, 11) is 0. The lowest BCUT2D eigenvalue weighted by Gasteiger charge is -2.35. The molecule has 1 aliphatic carbocycles. The molecule has 122 valence electrons. The Balaban J connectivity index is 1.60. The summed E-state index contributed by atoms with van der Waals surface area (Å²) in [5.74, 6) is 0.705. The smallest absolute Gasteiger partial charge is 0.226 e. The van der Waals surface area contributed by atoms with Gasteiger partial charge in [0, 0.05) is 24.9 Å². The molecule has 2 fully saturated rings. The van der Waals surface area contributed by atoms with Crippen molar-refractivity contribution in [3.05, 3.63) is 29.3 Å². The van der Waals surface area contributed by atoms with Gasteiger partial charge in [0.15, 0.2) is 0 Å². The molecule has 0 bridgehead atoms. The lowest BCUT2D eigenvalue weighted by Crippen LogP contribution is -2.45. The molecule has 1 saturated carbocycles. The van der Waals surface area contributed by atoms with Gasteiger partial charge in [-0.25, -0.2) is 4.98 Å². The van der Waals surface area contributed by atoms with E-state index in [-0.39, 0.29) is 11.8 Å². The highest BCUT2D eigenvalue weighted by molar-refractivity contribution is 7.18. The number of para-hydroxylation sites is 1. The van der Waals surface area contributed by atoms with Crippen LogP contribution in [0.5, 0.6) is 0 Å². The first-order valence-electron chi connectivity index (χ1n) is 8.55. The minimum Gasteiger partial charge on any atom is -0.378 e. The SMILES string of the molecule is O=C(C1CCCCC1c1nc2ccccc2s1)N1CCOCC1. The van der Waals surface area contributed by atoms with Crippen LogP contribution in [0.4, 0.5) is 0 Å². The van der Waals surface area contributed by atoms with Crippen LogP contribution in [0.15, 0.2) is 24.3 Å². The summed E-state index contributed by atoms with van der Waals surface area (Å²) in [6, 6.07) is 8.28. The van der Waals surface area contributed by atoms with Crippen LogP contribution in [0, 0.1) is 5.92 Å². The number of fused-ring (bicyclic) bond motifs is 1. The van der Waals surface area contributed by atoms with E-state index in [1.807, 2.05) is 11.0 Å². The van der Waals surface area contributed by atoms with Crippen molar-refractivity contribution in [3.63, 3.8) is 0 Å². The number of carbonyl (C=O) groups is 1. The third kappa shape index (κ3) is 3.00. The van der Waals surface area contributed by atoms with Crippen LogP contribution in [0.3, 0.4) is 0 Å². The van der Waals surface area contributed by atoms with Crippen LogP contribution in [-0.4, -0.2) is 42.1 Å². The number of morpholine rings is 1. The zero-order chi connectivity index (χ0) is 15.6. The normalized spacial score (nSPS) is 25.7. The molecule has 4 rings (SSSR count). The molecule has 2 aromatic rings. The first-order valence-corrected chi connectivity index (χ1v) is 9.36. The van der Waals surface area contributed by atoms with Crippen LogP contribution < -0.4 is 0 Å². The largest absolute Gasteiger partial charge is 0.378 e. The summed E-state index contributed by atoms with van der Waals surface area (Å²) >= 11 is 1.77. The van der Waals surface area contributed by atoms with Crippen LogP contribution >= 0.6 is 11.3 Å². The van der Waals surface area contributed by atoms with Gasteiger partial charge in [-0.15, -0.1) is 11.3 Å². The highest BCUT2D eigenvalue weighted by Gasteiger charge is 2.36. The van der Waals surface area contributed by atoms with E-state index >= 15 is 0 Å². The Bertz CT molecular complexity index is 660. The number of thiazole rings is 1. The van der Waals surface area contributed by atoms with Crippen molar-refractivity contribution < 1.29 is 9.53 Å². The van der Waals surface area contributed by atoms with E-state index in [4.69, 9.17) is 9.72 Å². The van der Waals surface area contributed by atoms with Crippen molar-refractivity contribution in [1.29, 1.82) is 0 Å². The van der Waals surface area contributed by atoms with Crippen molar-refractivity contribution >= 4 is 27.5 Å². The maximum absolute atomic E-state index is 13.0. The second-order valence-electron chi connectivity index (χ2n) is 6.45. The van der Waals surface area contributed by atoms with Gasteiger partial charge in [-0.2, -0.15) is 0 Å². The summed E-state index contributed by atoms with van der Waals surface area (Å²) < 4.78 is 6.61. The lowest BCUT2D eigenvalue weighted by molar-refractivity contribution is -0.141. The van der Waals surface area contributed by atoms with Crippen molar-refractivity contribution in [1.82, 2.24) is 9.88 Å². The molecule has 5 heteroatoms. The maximum atomic E-state index is 13.0. The molecule has 1 amide bonds. The molecule has 2 atom stereocenters. The van der Waals surface area contributed by atoms with Crippen molar-refractivity contribution in [3.8, 4) is 0 Å². The Hall–Kier alpha value is -1.46. The lowest BCUT2D eigenvalue weighted by atomic mass is 9.78. The standard InChI is InChI=1S/C18H22N2O2S/c21-18(20-9-11-22-12-10-20)14-6-2-1-5-13(14)17-19-15-7-3-4-8-16(15)23-17/h3-4,7-8,13-14H,1-2,5-6,9-12H2. The fourth-order valence-electron chi connectivity index (χ4n) is 3.79. The molecular formula is C18H22N2O2S. The van der Waals surface area contributed by atoms with Gasteiger partial charge in [0.05, 0.1) is 28.4 Å². The zero-order valence-electron chi connectivity index (χ0n) is 13.2. The Kier molecular flexibility index (Phi) is 4.31. The summed E-state index contributed by atoms with van der Waals surface area (Å²) in [5, 5.41) is 1.15. The van der Waals surface area contributed by atoms with Gasteiger partial charge in [0.1, 0.15) is 0 Å². The van der Waals surface area contributed by atoms with Gasteiger partial charge in [-0.05, 0) is 25.0 Å². The van der Waals surface area contributed by atoms with Gasteiger partial charge in [-0.1, -0.05) is 25.0 Å². The highest BCUT2D eigenvalue weighted by atomic mass is 32.1. The average Bonchev–Trinajstić information content (AvgIpc) is 3.06. The topological polar surface area (TPSA) is 42.4 Å². The second kappa shape index (κ2) is 6.57. The van der Waals surface area contributed by atoms with E-state index in [2.05, 4.69) is 18.2 Å². The number of ether oxygens (including phenoxy) is 1. The second-order valence-corrected chi connectivity index (χ2v) is 7.52. The molecule has 23 heavy (non-hydrogen) atoms. The zero-order valence-corrected chi connectivity index (χ0v) is 14.1. The van der Waals surface area contributed by atoms with E-state index in [1.165, 1.54) is 11.1 Å². The molecule has 2 aliphatic rings. The number of hydrogen-bond acceptors (Lipinski definition) is 4. The van der Waals surface area contributed by atoms with Gasteiger partial charge >= 0.3 is 0 Å². The van der Waals surface area contributed by atoms with Crippen LogP contribution in [0.1, 0.15) is 36.6 Å². The molecule has 0 spiro atoms. The molecule has 2 unspecified atom stereocenters. The number of carbonyl (C=O) groups excluding carboxylic acids is 1. The fraction of sp³-hybridized carbons (Fsp3) is 0.556. The first-order chi connectivity index (χ1) is 11.3. The summed E-state index contributed by atoms with van der Waals surface area (Å²) in [4.78, 5) is 19.8. The monoisotopic (exact) mass is 330 g/mol. The third-order valence-electron chi connectivity index (χ3n) is 5.03. The summed E-state index contributed by atoms with van der Waals surface area (Å²) in [6.07, 6.45) is 4.44. The van der Waals surface area contributed by atoms with Gasteiger partial charge in [-0.3, -0.25) is 4.79 Å². The van der Waals surface area contributed by atoms with Gasteiger partial charge in [0.2, 0.25) is 5.91 Å². The predicted molar refractivity (Wildman–Crippen MR) is 91.7 cm³/mol. The Morgan fingerprint density at radius 1 is 1.17 bits per heavy atom. The molecule has 1 aromatic heterocycles. The van der Waals surface area contributed by atoms with E-state index in [9.17, 15) is 4.79 Å². The number of rotatable bonds is 2. The molecule has 1 aromatic carbocycles. The van der Waals surface area contributed by atoms with Gasteiger partial charge < -0.3 is 9.64 Å². The molecule has 0 radical (unpaired) electrons. The number of amides is 1. The number of nitrogens with zero attached hydrogens (tertiary/aromatic N) is 2. The van der Waals surface area contributed by atoms with E-state index in [0.717, 1.165) is 42.9 Å². The Labute approximate surface area is 140 Å². The van der Waals surface area contributed by atoms with Crippen molar-refractivity contribution in [2.45, 2.75) is 31.6 Å². The van der Waals surface area contributed by atoms with Gasteiger partial charge in [0.25, 0.3) is 0 Å². The average molecular weight is 330 g/mol. The number of aromatic nitrogens is 1. The van der Waals surface area contributed by atoms with E-state index < -0.39 is 0 Å². The molecule has 4 nitrogen and oxygen atoms in total. The van der Waals surface area contributed by atoms with E-state index in [1.54, 1.807) is 11.3 Å². The van der Waals surface area contributed by atoms with Crippen LogP contribution in [-0.2, 0) is 9.53 Å².